The summed E-state index contributed by atoms with van der Waals surface area (Å²) in [5, 5.41) is 7.76. The van der Waals surface area contributed by atoms with Crippen LogP contribution < -0.4 is 24.8 Å². The molecule has 3 aromatic carbocycles. The highest BCUT2D eigenvalue weighted by atomic mass is 16.5. The zero-order valence-corrected chi connectivity index (χ0v) is 14.8. The van der Waals surface area contributed by atoms with Crippen molar-refractivity contribution in [3.8, 4) is 17.2 Å². The molecule has 134 valence electrons. The summed E-state index contributed by atoms with van der Waals surface area (Å²) in [5.41, 5.74) is 1.23. The van der Waals surface area contributed by atoms with Crippen molar-refractivity contribution in [2.45, 2.75) is 0 Å². The van der Waals surface area contributed by atoms with E-state index in [2.05, 4.69) is 10.6 Å². The van der Waals surface area contributed by atoms with E-state index in [1.807, 2.05) is 42.5 Å². The van der Waals surface area contributed by atoms with Gasteiger partial charge in [0, 0.05) is 17.8 Å². The van der Waals surface area contributed by atoms with Gasteiger partial charge in [0.15, 0.2) is 11.5 Å². The van der Waals surface area contributed by atoms with Gasteiger partial charge in [-0.1, -0.05) is 30.3 Å². The second kappa shape index (κ2) is 7.65. The lowest BCUT2D eigenvalue weighted by atomic mass is 10.1. The zero-order valence-electron chi connectivity index (χ0n) is 14.8. The quantitative estimate of drug-likeness (QED) is 0.709. The number of hydrogen-bond donors (Lipinski definition) is 2. The fourth-order valence-electron chi connectivity index (χ4n) is 2.71. The molecular weight excluding hydrogens is 332 g/mol. The van der Waals surface area contributed by atoms with E-state index in [1.165, 1.54) is 21.3 Å². The van der Waals surface area contributed by atoms with E-state index < -0.39 is 0 Å². The first-order chi connectivity index (χ1) is 12.6. The van der Waals surface area contributed by atoms with E-state index in [-0.39, 0.29) is 6.03 Å². The maximum atomic E-state index is 12.3. The van der Waals surface area contributed by atoms with Crippen LogP contribution in [0.4, 0.5) is 16.2 Å². The first-order valence-corrected chi connectivity index (χ1v) is 8.01. The second-order valence-electron chi connectivity index (χ2n) is 5.56. The van der Waals surface area contributed by atoms with Crippen LogP contribution in [-0.2, 0) is 0 Å². The molecule has 0 aliphatic rings. The number of carbonyl (C=O) groups excluding carboxylic acids is 1. The number of anilines is 2. The minimum absolute atomic E-state index is 0.366. The third-order valence-electron chi connectivity index (χ3n) is 3.93. The van der Waals surface area contributed by atoms with E-state index in [0.717, 1.165) is 10.8 Å². The highest BCUT2D eigenvalue weighted by Gasteiger charge is 2.14. The predicted molar refractivity (Wildman–Crippen MR) is 103 cm³/mol. The number of benzene rings is 3. The van der Waals surface area contributed by atoms with Crippen LogP contribution >= 0.6 is 0 Å². The lowest BCUT2D eigenvalue weighted by Crippen LogP contribution is -2.19. The molecule has 2 amide bonds. The Balaban J connectivity index is 1.78. The van der Waals surface area contributed by atoms with Gasteiger partial charge in [0.25, 0.3) is 0 Å². The number of urea groups is 1. The molecule has 0 saturated heterocycles. The Kier molecular flexibility index (Phi) is 5.12. The Morgan fingerprint density at radius 2 is 1.35 bits per heavy atom. The highest BCUT2D eigenvalue weighted by molar-refractivity contribution is 6.01. The molecule has 0 atom stereocenters. The summed E-state index contributed by atoms with van der Waals surface area (Å²) >= 11 is 0. The van der Waals surface area contributed by atoms with E-state index in [4.69, 9.17) is 14.2 Å². The highest BCUT2D eigenvalue weighted by Crippen LogP contribution is 2.39. The smallest absolute Gasteiger partial charge is 0.323 e. The van der Waals surface area contributed by atoms with Crippen LogP contribution in [0.2, 0.25) is 0 Å². The van der Waals surface area contributed by atoms with E-state index in [1.54, 1.807) is 12.1 Å². The van der Waals surface area contributed by atoms with Crippen molar-refractivity contribution in [2.24, 2.45) is 0 Å². The molecule has 0 spiro atoms. The Morgan fingerprint density at radius 3 is 1.96 bits per heavy atom. The van der Waals surface area contributed by atoms with Crippen molar-refractivity contribution in [1.29, 1.82) is 0 Å². The van der Waals surface area contributed by atoms with E-state index in [9.17, 15) is 4.79 Å². The van der Waals surface area contributed by atoms with Gasteiger partial charge in [0.2, 0.25) is 5.75 Å². The minimum atomic E-state index is -0.366. The number of ether oxygens (including phenoxy) is 3. The fraction of sp³-hybridized carbons (Fsp3) is 0.150. The number of methoxy groups -OCH3 is 3. The van der Waals surface area contributed by atoms with Crippen molar-refractivity contribution < 1.29 is 19.0 Å². The Hall–Kier alpha value is -3.41. The number of nitrogens with one attached hydrogen (secondary N) is 2. The van der Waals surface area contributed by atoms with Crippen molar-refractivity contribution in [1.82, 2.24) is 0 Å². The van der Waals surface area contributed by atoms with Crippen LogP contribution in [0, 0.1) is 0 Å². The Morgan fingerprint density at radius 1 is 0.731 bits per heavy atom. The number of amides is 2. The van der Waals surface area contributed by atoms with Crippen molar-refractivity contribution >= 4 is 28.2 Å². The first kappa shape index (κ1) is 17.4. The van der Waals surface area contributed by atoms with Crippen LogP contribution in [0.15, 0.2) is 54.6 Å². The average Bonchev–Trinajstić information content (AvgIpc) is 2.66. The topological polar surface area (TPSA) is 68.8 Å². The molecule has 0 aromatic heterocycles. The molecule has 0 saturated carbocycles. The van der Waals surface area contributed by atoms with Crippen LogP contribution in [0.3, 0.4) is 0 Å². The number of rotatable bonds is 5. The predicted octanol–water partition coefficient (Wildman–Crippen LogP) is 4.51. The summed E-state index contributed by atoms with van der Waals surface area (Å²) in [5.74, 6) is 1.40. The summed E-state index contributed by atoms with van der Waals surface area (Å²) < 4.78 is 15.9. The molecule has 0 aliphatic heterocycles. The van der Waals surface area contributed by atoms with Crippen molar-refractivity contribution in [3.05, 3.63) is 54.6 Å². The van der Waals surface area contributed by atoms with Gasteiger partial charge in [0.05, 0.1) is 27.0 Å². The lowest BCUT2D eigenvalue weighted by Gasteiger charge is -2.15. The van der Waals surface area contributed by atoms with Gasteiger partial charge in [-0.05, 0) is 22.9 Å². The number of carbonyl (C=O) groups is 1. The third kappa shape index (κ3) is 3.64. The van der Waals surface area contributed by atoms with Gasteiger partial charge in [-0.15, -0.1) is 0 Å². The van der Waals surface area contributed by atoms with Crippen LogP contribution in [-0.4, -0.2) is 27.4 Å². The molecule has 2 N–H and O–H groups in total. The number of fused-ring (bicyclic) bond motifs is 1. The van der Waals surface area contributed by atoms with Crippen LogP contribution in [0.5, 0.6) is 17.2 Å². The van der Waals surface area contributed by atoms with Gasteiger partial charge >= 0.3 is 6.03 Å². The van der Waals surface area contributed by atoms with Crippen LogP contribution in [0.1, 0.15) is 0 Å². The van der Waals surface area contributed by atoms with Gasteiger partial charge < -0.3 is 24.8 Å². The summed E-state index contributed by atoms with van der Waals surface area (Å²) in [6.45, 7) is 0. The van der Waals surface area contributed by atoms with Crippen molar-refractivity contribution in [3.63, 3.8) is 0 Å². The van der Waals surface area contributed by atoms with E-state index in [0.29, 0.717) is 28.6 Å². The second-order valence-corrected chi connectivity index (χ2v) is 5.56. The molecule has 3 aromatic rings. The standard InChI is InChI=1S/C20H20N2O4/c1-24-17-11-16(12-18(25-2)19(17)26-3)22-20(23)21-15-9-8-13-6-4-5-7-14(13)10-15/h4-12H,1-3H3,(H2,21,22,23). The molecule has 0 bridgehead atoms. The maximum absolute atomic E-state index is 12.3. The lowest BCUT2D eigenvalue weighted by molar-refractivity contribution is 0.262. The Labute approximate surface area is 151 Å². The van der Waals surface area contributed by atoms with Crippen molar-refractivity contribution in [2.75, 3.05) is 32.0 Å². The van der Waals surface area contributed by atoms with Gasteiger partial charge in [0.1, 0.15) is 0 Å². The summed E-state index contributed by atoms with van der Waals surface area (Å²) in [4.78, 5) is 12.3. The minimum Gasteiger partial charge on any atom is -0.493 e. The summed E-state index contributed by atoms with van der Waals surface area (Å²) in [7, 11) is 4.58. The Bertz CT molecular complexity index is 915. The summed E-state index contributed by atoms with van der Waals surface area (Å²) in [6, 6.07) is 16.7. The van der Waals surface area contributed by atoms with E-state index >= 15 is 0 Å². The fourth-order valence-corrected chi connectivity index (χ4v) is 2.71. The SMILES string of the molecule is COc1cc(NC(=O)Nc2ccc3ccccc3c2)cc(OC)c1OC. The third-order valence-corrected chi connectivity index (χ3v) is 3.93. The first-order valence-electron chi connectivity index (χ1n) is 8.01. The van der Waals surface area contributed by atoms with Crippen LogP contribution in [0.25, 0.3) is 10.8 Å². The van der Waals surface area contributed by atoms with Gasteiger partial charge in [-0.2, -0.15) is 0 Å². The maximum Gasteiger partial charge on any atom is 0.323 e. The summed E-state index contributed by atoms with van der Waals surface area (Å²) in [6.07, 6.45) is 0. The van der Waals surface area contributed by atoms with Gasteiger partial charge in [-0.3, -0.25) is 0 Å². The number of hydrogen-bond acceptors (Lipinski definition) is 4. The normalized spacial score (nSPS) is 10.3. The molecule has 0 unspecified atom stereocenters. The molecule has 26 heavy (non-hydrogen) atoms. The zero-order chi connectivity index (χ0) is 18.5. The molecule has 0 heterocycles. The molecule has 0 aliphatic carbocycles. The average molecular weight is 352 g/mol. The monoisotopic (exact) mass is 352 g/mol. The largest absolute Gasteiger partial charge is 0.493 e. The molecular formula is C20H20N2O4. The molecule has 0 fully saturated rings. The molecule has 0 radical (unpaired) electrons. The molecule has 6 heteroatoms. The van der Waals surface area contributed by atoms with Gasteiger partial charge in [-0.25, -0.2) is 4.79 Å². The molecule has 6 nitrogen and oxygen atoms in total. The molecule has 3 rings (SSSR count).